The average molecular weight is 248 g/mol. The van der Waals surface area contributed by atoms with E-state index in [1.54, 1.807) is 0 Å². The zero-order chi connectivity index (χ0) is 13.0. The van der Waals surface area contributed by atoms with Crippen molar-refractivity contribution in [3.8, 4) is 0 Å². The molecule has 0 aliphatic rings. The molecule has 1 heterocycles. The third-order valence-corrected chi connectivity index (χ3v) is 2.63. The first kappa shape index (κ1) is 12.6. The van der Waals surface area contributed by atoms with Crippen LogP contribution in [-0.2, 0) is 11.3 Å². The zero-order valence-corrected chi connectivity index (χ0v) is 10.3. The molecule has 0 unspecified atom stereocenters. The van der Waals surface area contributed by atoms with Gasteiger partial charge < -0.3 is 14.8 Å². The standard InChI is InChI=1S/C13H16N2O3/c1-9-15-11-7-10(4-5-12(11)18-9)8-14-6-2-3-13(16)17/h4-5,7,14H,2-3,6,8H2,1H3,(H,16,17). The van der Waals surface area contributed by atoms with Gasteiger partial charge in [-0.05, 0) is 30.7 Å². The van der Waals surface area contributed by atoms with Crippen molar-refractivity contribution in [3.63, 3.8) is 0 Å². The molecular weight excluding hydrogens is 232 g/mol. The number of aliphatic carboxylic acids is 1. The molecule has 1 aromatic heterocycles. The lowest BCUT2D eigenvalue weighted by Gasteiger charge is -2.03. The summed E-state index contributed by atoms with van der Waals surface area (Å²) in [5.41, 5.74) is 2.77. The minimum atomic E-state index is -0.753. The van der Waals surface area contributed by atoms with Gasteiger partial charge in [0.1, 0.15) is 5.52 Å². The summed E-state index contributed by atoms with van der Waals surface area (Å²) in [6.07, 6.45) is 0.842. The van der Waals surface area contributed by atoms with E-state index in [9.17, 15) is 4.79 Å². The first-order valence-electron chi connectivity index (χ1n) is 5.94. The molecule has 0 amide bonds. The quantitative estimate of drug-likeness (QED) is 0.765. The molecule has 2 rings (SSSR count). The van der Waals surface area contributed by atoms with Crippen LogP contribution >= 0.6 is 0 Å². The van der Waals surface area contributed by atoms with Gasteiger partial charge in [0.05, 0.1) is 0 Å². The van der Waals surface area contributed by atoms with Crippen LogP contribution < -0.4 is 5.32 Å². The summed E-state index contributed by atoms with van der Waals surface area (Å²) in [6, 6.07) is 5.87. The minimum Gasteiger partial charge on any atom is -0.481 e. The number of carboxylic acid groups (broad SMARTS) is 1. The van der Waals surface area contributed by atoms with Crippen molar-refractivity contribution in [1.82, 2.24) is 10.3 Å². The summed E-state index contributed by atoms with van der Waals surface area (Å²) in [6.45, 7) is 3.23. The fourth-order valence-corrected chi connectivity index (χ4v) is 1.80. The highest BCUT2D eigenvalue weighted by atomic mass is 16.4. The van der Waals surface area contributed by atoms with Gasteiger partial charge in [-0.25, -0.2) is 4.98 Å². The van der Waals surface area contributed by atoms with Crippen LogP contribution in [0.2, 0.25) is 0 Å². The summed E-state index contributed by atoms with van der Waals surface area (Å²) in [7, 11) is 0. The molecule has 0 radical (unpaired) electrons. The van der Waals surface area contributed by atoms with E-state index in [-0.39, 0.29) is 6.42 Å². The normalized spacial score (nSPS) is 10.9. The Bertz CT molecular complexity index is 548. The Balaban J connectivity index is 1.86. The first-order valence-corrected chi connectivity index (χ1v) is 5.94. The number of nitrogens with zero attached hydrogens (tertiary/aromatic N) is 1. The molecule has 0 fully saturated rings. The molecule has 0 atom stereocenters. The number of aryl methyl sites for hydroxylation is 1. The number of aromatic nitrogens is 1. The lowest BCUT2D eigenvalue weighted by Crippen LogP contribution is -2.15. The van der Waals surface area contributed by atoms with Gasteiger partial charge in [-0.1, -0.05) is 6.07 Å². The summed E-state index contributed by atoms with van der Waals surface area (Å²) in [4.78, 5) is 14.6. The van der Waals surface area contributed by atoms with E-state index in [0.29, 0.717) is 25.4 Å². The largest absolute Gasteiger partial charge is 0.481 e. The molecule has 2 aromatic rings. The van der Waals surface area contributed by atoms with Gasteiger partial charge in [-0.15, -0.1) is 0 Å². The number of oxazole rings is 1. The molecule has 5 nitrogen and oxygen atoms in total. The number of benzene rings is 1. The molecule has 0 bridgehead atoms. The van der Waals surface area contributed by atoms with Crippen molar-refractivity contribution in [2.75, 3.05) is 6.54 Å². The van der Waals surface area contributed by atoms with Gasteiger partial charge in [0.25, 0.3) is 0 Å². The Hall–Kier alpha value is -1.88. The average Bonchev–Trinajstić information content (AvgIpc) is 2.67. The highest BCUT2D eigenvalue weighted by molar-refractivity contribution is 5.73. The summed E-state index contributed by atoms with van der Waals surface area (Å²) in [5.74, 6) is -0.0899. The maximum atomic E-state index is 10.3. The van der Waals surface area contributed by atoms with Crippen LogP contribution in [0.15, 0.2) is 22.6 Å². The van der Waals surface area contributed by atoms with Crippen LogP contribution in [0.5, 0.6) is 0 Å². The number of rotatable bonds is 6. The second-order valence-electron chi connectivity index (χ2n) is 4.21. The molecule has 5 heteroatoms. The van der Waals surface area contributed by atoms with Crippen LogP contribution in [0, 0.1) is 6.92 Å². The Morgan fingerprint density at radius 2 is 2.33 bits per heavy atom. The van der Waals surface area contributed by atoms with Crippen LogP contribution in [0.4, 0.5) is 0 Å². The van der Waals surface area contributed by atoms with Gasteiger partial charge in [0.2, 0.25) is 0 Å². The van der Waals surface area contributed by atoms with Gasteiger partial charge in [0.15, 0.2) is 11.5 Å². The maximum Gasteiger partial charge on any atom is 0.303 e. The van der Waals surface area contributed by atoms with Gasteiger partial charge >= 0.3 is 5.97 Å². The van der Waals surface area contributed by atoms with Crippen molar-refractivity contribution in [1.29, 1.82) is 0 Å². The lowest BCUT2D eigenvalue weighted by molar-refractivity contribution is -0.137. The molecule has 0 saturated carbocycles. The van der Waals surface area contributed by atoms with E-state index in [1.807, 2.05) is 25.1 Å². The second-order valence-corrected chi connectivity index (χ2v) is 4.21. The highest BCUT2D eigenvalue weighted by Crippen LogP contribution is 2.16. The number of fused-ring (bicyclic) bond motifs is 1. The van der Waals surface area contributed by atoms with E-state index in [0.717, 1.165) is 16.7 Å². The van der Waals surface area contributed by atoms with Crippen molar-refractivity contribution >= 4 is 17.1 Å². The number of nitrogens with one attached hydrogen (secondary N) is 1. The molecule has 96 valence electrons. The van der Waals surface area contributed by atoms with Crippen molar-refractivity contribution in [3.05, 3.63) is 29.7 Å². The Morgan fingerprint density at radius 1 is 1.50 bits per heavy atom. The predicted octanol–water partition coefficient (Wildman–Crippen LogP) is 2.09. The van der Waals surface area contributed by atoms with Crippen LogP contribution in [0.1, 0.15) is 24.3 Å². The lowest BCUT2D eigenvalue weighted by atomic mass is 10.2. The third kappa shape index (κ3) is 3.30. The minimum absolute atomic E-state index is 0.203. The van der Waals surface area contributed by atoms with E-state index in [4.69, 9.17) is 9.52 Å². The van der Waals surface area contributed by atoms with E-state index >= 15 is 0 Å². The van der Waals surface area contributed by atoms with E-state index in [1.165, 1.54) is 0 Å². The molecule has 0 aliphatic heterocycles. The van der Waals surface area contributed by atoms with Crippen molar-refractivity contribution in [2.45, 2.75) is 26.3 Å². The fourth-order valence-electron chi connectivity index (χ4n) is 1.80. The number of carbonyl (C=O) groups is 1. The van der Waals surface area contributed by atoms with Gasteiger partial charge in [-0.2, -0.15) is 0 Å². The Kier molecular flexibility index (Phi) is 3.94. The SMILES string of the molecule is Cc1nc2cc(CNCCCC(=O)O)ccc2o1. The second kappa shape index (κ2) is 5.64. The molecule has 18 heavy (non-hydrogen) atoms. The smallest absolute Gasteiger partial charge is 0.303 e. The fraction of sp³-hybridized carbons (Fsp3) is 0.385. The number of hydrogen-bond donors (Lipinski definition) is 2. The summed E-state index contributed by atoms with van der Waals surface area (Å²) < 4.78 is 5.40. The first-order chi connectivity index (χ1) is 8.65. The monoisotopic (exact) mass is 248 g/mol. The summed E-state index contributed by atoms with van der Waals surface area (Å²) in [5, 5.41) is 11.7. The van der Waals surface area contributed by atoms with Gasteiger partial charge in [0, 0.05) is 19.9 Å². The molecule has 0 saturated heterocycles. The van der Waals surface area contributed by atoms with Crippen molar-refractivity contribution < 1.29 is 14.3 Å². The summed E-state index contributed by atoms with van der Waals surface area (Å²) >= 11 is 0. The molecule has 0 aliphatic carbocycles. The topological polar surface area (TPSA) is 75.4 Å². The zero-order valence-electron chi connectivity index (χ0n) is 10.3. The number of carboxylic acids is 1. The third-order valence-electron chi connectivity index (χ3n) is 2.63. The highest BCUT2D eigenvalue weighted by Gasteiger charge is 2.03. The van der Waals surface area contributed by atoms with Crippen LogP contribution in [0.25, 0.3) is 11.1 Å². The number of hydrogen-bond acceptors (Lipinski definition) is 4. The molecular formula is C13H16N2O3. The van der Waals surface area contributed by atoms with Gasteiger partial charge in [-0.3, -0.25) is 4.79 Å². The van der Waals surface area contributed by atoms with Crippen LogP contribution in [0.3, 0.4) is 0 Å². The maximum absolute atomic E-state index is 10.3. The van der Waals surface area contributed by atoms with Crippen molar-refractivity contribution in [2.24, 2.45) is 0 Å². The predicted molar refractivity (Wildman–Crippen MR) is 67.3 cm³/mol. The molecule has 0 spiro atoms. The Labute approximate surface area is 105 Å². The molecule has 1 aromatic carbocycles. The van der Waals surface area contributed by atoms with E-state index < -0.39 is 5.97 Å². The molecule has 2 N–H and O–H groups in total. The Morgan fingerprint density at radius 3 is 3.11 bits per heavy atom. The van der Waals surface area contributed by atoms with Crippen LogP contribution in [-0.4, -0.2) is 22.6 Å². The van der Waals surface area contributed by atoms with E-state index in [2.05, 4.69) is 10.3 Å².